The molecule has 20 heavy (non-hydrogen) atoms. The standard InChI is InChI=1S/C16H24N2OS/c1-20-15-8-6-14(7-9-15)16(19)17-10-13-18-11-4-2-3-5-12-18/h6-9H,2-5,10-13H2,1H3,(H,17,19). The van der Waals surface area contributed by atoms with Crippen molar-refractivity contribution in [2.45, 2.75) is 30.6 Å². The zero-order valence-electron chi connectivity index (χ0n) is 12.2. The molecule has 0 spiro atoms. The molecule has 1 amide bonds. The van der Waals surface area contributed by atoms with Crippen LogP contribution in [0.3, 0.4) is 0 Å². The van der Waals surface area contributed by atoms with Crippen LogP contribution in [-0.2, 0) is 0 Å². The molecule has 0 aliphatic carbocycles. The molecule has 1 fully saturated rings. The van der Waals surface area contributed by atoms with E-state index in [1.807, 2.05) is 30.5 Å². The number of hydrogen-bond acceptors (Lipinski definition) is 3. The van der Waals surface area contributed by atoms with Crippen LogP contribution in [0, 0.1) is 0 Å². The Labute approximate surface area is 126 Å². The first-order chi connectivity index (χ1) is 9.79. The third-order valence-corrected chi connectivity index (χ3v) is 4.51. The number of benzene rings is 1. The van der Waals surface area contributed by atoms with Crippen molar-refractivity contribution in [1.29, 1.82) is 0 Å². The molecule has 0 atom stereocenters. The first kappa shape index (κ1) is 15.4. The molecule has 4 heteroatoms. The second-order valence-corrected chi connectivity index (χ2v) is 6.12. The van der Waals surface area contributed by atoms with Gasteiger partial charge in [0.25, 0.3) is 5.91 Å². The fourth-order valence-corrected chi connectivity index (χ4v) is 2.94. The lowest BCUT2D eigenvalue weighted by molar-refractivity contribution is 0.0948. The molecule has 1 saturated heterocycles. The molecule has 0 radical (unpaired) electrons. The largest absolute Gasteiger partial charge is 0.351 e. The van der Waals surface area contributed by atoms with E-state index >= 15 is 0 Å². The minimum atomic E-state index is 0.0347. The van der Waals surface area contributed by atoms with Gasteiger partial charge in [0, 0.05) is 23.5 Å². The van der Waals surface area contributed by atoms with Crippen molar-refractivity contribution in [2.24, 2.45) is 0 Å². The average Bonchev–Trinajstić information content (AvgIpc) is 2.76. The summed E-state index contributed by atoms with van der Waals surface area (Å²) in [7, 11) is 0. The molecule has 1 aliphatic rings. The summed E-state index contributed by atoms with van der Waals surface area (Å²) < 4.78 is 0. The van der Waals surface area contributed by atoms with Gasteiger partial charge in [-0.1, -0.05) is 12.8 Å². The fraction of sp³-hybridized carbons (Fsp3) is 0.562. The second-order valence-electron chi connectivity index (χ2n) is 5.24. The van der Waals surface area contributed by atoms with Crippen molar-refractivity contribution in [3.63, 3.8) is 0 Å². The molecule has 0 saturated carbocycles. The number of nitrogens with zero attached hydrogens (tertiary/aromatic N) is 1. The minimum absolute atomic E-state index is 0.0347. The van der Waals surface area contributed by atoms with Crippen molar-refractivity contribution < 1.29 is 4.79 Å². The van der Waals surface area contributed by atoms with Crippen LogP contribution in [0.25, 0.3) is 0 Å². The van der Waals surface area contributed by atoms with E-state index in [0.29, 0.717) is 0 Å². The van der Waals surface area contributed by atoms with E-state index in [-0.39, 0.29) is 5.91 Å². The third-order valence-electron chi connectivity index (χ3n) is 3.76. The molecule has 0 unspecified atom stereocenters. The van der Waals surface area contributed by atoms with Crippen LogP contribution in [0.1, 0.15) is 36.0 Å². The Hall–Kier alpha value is -1.00. The van der Waals surface area contributed by atoms with E-state index in [1.165, 1.54) is 43.7 Å². The molecule has 0 aromatic heterocycles. The quantitative estimate of drug-likeness (QED) is 0.847. The van der Waals surface area contributed by atoms with Crippen molar-refractivity contribution in [3.05, 3.63) is 29.8 Å². The Morgan fingerprint density at radius 2 is 1.80 bits per heavy atom. The molecular weight excluding hydrogens is 268 g/mol. The first-order valence-corrected chi connectivity index (χ1v) is 8.66. The Bertz CT molecular complexity index is 411. The van der Waals surface area contributed by atoms with Gasteiger partial charge in [-0.3, -0.25) is 4.79 Å². The van der Waals surface area contributed by atoms with E-state index in [2.05, 4.69) is 10.2 Å². The zero-order valence-corrected chi connectivity index (χ0v) is 13.0. The Morgan fingerprint density at radius 3 is 2.40 bits per heavy atom. The summed E-state index contributed by atoms with van der Waals surface area (Å²) in [6.45, 7) is 4.06. The number of amides is 1. The highest BCUT2D eigenvalue weighted by atomic mass is 32.2. The number of carbonyl (C=O) groups is 1. The molecule has 1 heterocycles. The van der Waals surface area contributed by atoms with Crippen LogP contribution in [0.15, 0.2) is 29.2 Å². The summed E-state index contributed by atoms with van der Waals surface area (Å²) in [5.74, 6) is 0.0347. The lowest BCUT2D eigenvalue weighted by atomic mass is 10.2. The van der Waals surface area contributed by atoms with E-state index in [4.69, 9.17) is 0 Å². The van der Waals surface area contributed by atoms with E-state index < -0.39 is 0 Å². The van der Waals surface area contributed by atoms with Crippen LogP contribution >= 0.6 is 11.8 Å². The Morgan fingerprint density at radius 1 is 1.15 bits per heavy atom. The molecular formula is C16H24N2OS. The molecule has 0 bridgehead atoms. The van der Waals surface area contributed by atoms with Gasteiger partial charge in [-0.05, 0) is 56.5 Å². The normalized spacial score (nSPS) is 16.6. The fourth-order valence-electron chi connectivity index (χ4n) is 2.53. The smallest absolute Gasteiger partial charge is 0.251 e. The van der Waals surface area contributed by atoms with E-state index in [0.717, 1.165) is 18.7 Å². The van der Waals surface area contributed by atoms with Gasteiger partial charge in [-0.25, -0.2) is 0 Å². The molecule has 1 aliphatic heterocycles. The summed E-state index contributed by atoms with van der Waals surface area (Å²) in [5, 5.41) is 3.02. The Balaban J connectivity index is 1.73. The van der Waals surface area contributed by atoms with Crippen LogP contribution in [0.4, 0.5) is 0 Å². The van der Waals surface area contributed by atoms with Gasteiger partial charge >= 0.3 is 0 Å². The van der Waals surface area contributed by atoms with Crippen LogP contribution in [0.5, 0.6) is 0 Å². The number of thioether (sulfide) groups is 1. The van der Waals surface area contributed by atoms with E-state index in [1.54, 1.807) is 11.8 Å². The lowest BCUT2D eigenvalue weighted by Gasteiger charge is -2.19. The molecule has 1 N–H and O–H groups in total. The van der Waals surface area contributed by atoms with Crippen molar-refractivity contribution in [1.82, 2.24) is 10.2 Å². The van der Waals surface area contributed by atoms with Crippen LogP contribution < -0.4 is 5.32 Å². The van der Waals surface area contributed by atoms with Crippen molar-refractivity contribution in [3.8, 4) is 0 Å². The van der Waals surface area contributed by atoms with Gasteiger partial charge in [0.05, 0.1) is 0 Å². The zero-order chi connectivity index (χ0) is 14.2. The van der Waals surface area contributed by atoms with Gasteiger partial charge in [0.1, 0.15) is 0 Å². The van der Waals surface area contributed by atoms with Crippen LogP contribution in [-0.4, -0.2) is 43.2 Å². The van der Waals surface area contributed by atoms with Crippen LogP contribution in [0.2, 0.25) is 0 Å². The number of nitrogens with one attached hydrogen (secondary N) is 1. The van der Waals surface area contributed by atoms with Gasteiger partial charge in [0.15, 0.2) is 0 Å². The maximum atomic E-state index is 12.0. The summed E-state index contributed by atoms with van der Waals surface area (Å²) >= 11 is 1.69. The number of likely N-dealkylation sites (tertiary alicyclic amines) is 1. The highest BCUT2D eigenvalue weighted by Crippen LogP contribution is 2.14. The lowest BCUT2D eigenvalue weighted by Crippen LogP contribution is -2.35. The molecule has 3 nitrogen and oxygen atoms in total. The van der Waals surface area contributed by atoms with E-state index in [9.17, 15) is 4.79 Å². The highest BCUT2D eigenvalue weighted by molar-refractivity contribution is 7.98. The summed E-state index contributed by atoms with van der Waals surface area (Å²) in [4.78, 5) is 15.7. The predicted molar refractivity (Wildman–Crippen MR) is 85.5 cm³/mol. The highest BCUT2D eigenvalue weighted by Gasteiger charge is 2.09. The summed E-state index contributed by atoms with van der Waals surface area (Å²) in [5.41, 5.74) is 0.749. The molecule has 1 aromatic rings. The van der Waals surface area contributed by atoms with Gasteiger partial charge in [-0.15, -0.1) is 11.8 Å². The van der Waals surface area contributed by atoms with Gasteiger partial charge < -0.3 is 10.2 Å². The first-order valence-electron chi connectivity index (χ1n) is 7.44. The monoisotopic (exact) mass is 292 g/mol. The van der Waals surface area contributed by atoms with Crippen molar-refractivity contribution in [2.75, 3.05) is 32.4 Å². The second kappa shape index (κ2) is 8.32. The number of hydrogen-bond donors (Lipinski definition) is 1. The molecule has 1 aromatic carbocycles. The Kier molecular flexibility index (Phi) is 6.40. The maximum absolute atomic E-state index is 12.0. The topological polar surface area (TPSA) is 32.3 Å². The van der Waals surface area contributed by atoms with Gasteiger partial charge in [0.2, 0.25) is 0 Å². The predicted octanol–water partition coefficient (Wildman–Crippen LogP) is 3.01. The SMILES string of the molecule is CSc1ccc(C(=O)NCCN2CCCCCC2)cc1. The minimum Gasteiger partial charge on any atom is -0.351 e. The third kappa shape index (κ3) is 4.84. The average molecular weight is 292 g/mol. The summed E-state index contributed by atoms with van der Waals surface area (Å²) in [6.07, 6.45) is 7.33. The summed E-state index contributed by atoms with van der Waals surface area (Å²) in [6, 6.07) is 7.78. The molecule has 110 valence electrons. The number of rotatable bonds is 5. The van der Waals surface area contributed by atoms with Crippen molar-refractivity contribution >= 4 is 17.7 Å². The maximum Gasteiger partial charge on any atom is 0.251 e. The van der Waals surface area contributed by atoms with Gasteiger partial charge in [-0.2, -0.15) is 0 Å². The number of carbonyl (C=O) groups excluding carboxylic acids is 1. The molecule has 2 rings (SSSR count).